The monoisotopic (exact) mass is 214 g/mol. The van der Waals surface area contributed by atoms with Gasteiger partial charge in [-0.2, -0.15) is 0 Å². The van der Waals surface area contributed by atoms with E-state index in [2.05, 4.69) is 26.6 Å². The molecule has 0 aromatic carbocycles. The van der Waals surface area contributed by atoms with Crippen molar-refractivity contribution in [3.63, 3.8) is 0 Å². The maximum absolute atomic E-state index is 2.48. The van der Waals surface area contributed by atoms with Crippen LogP contribution < -0.4 is 0 Å². The summed E-state index contributed by atoms with van der Waals surface area (Å²) in [5.74, 6) is 0. The molecule has 0 unspecified atom stereocenters. The quantitative estimate of drug-likeness (QED) is 0.414. The average molecular weight is 215 g/mol. The third-order valence-corrected chi connectivity index (χ3v) is 5.82. The van der Waals surface area contributed by atoms with E-state index in [1.165, 1.54) is 47.3 Å². The summed E-state index contributed by atoms with van der Waals surface area (Å²) >= 11 is 0. The van der Waals surface area contributed by atoms with Crippen LogP contribution in [0.1, 0.15) is 32.6 Å². The van der Waals surface area contributed by atoms with Gasteiger partial charge < -0.3 is 0 Å². The summed E-state index contributed by atoms with van der Waals surface area (Å²) in [5, 5.41) is 0. The number of rotatable bonds is 8. The third kappa shape index (κ3) is 12.4. The van der Waals surface area contributed by atoms with Gasteiger partial charge in [0.2, 0.25) is 0 Å². The molecule has 0 saturated carbocycles. The minimum absolute atomic E-state index is 0.726. The van der Waals surface area contributed by atoms with E-state index in [0.29, 0.717) is 0 Å². The van der Waals surface area contributed by atoms with Gasteiger partial charge in [-0.1, -0.05) is 70.4 Å². The van der Waals surface area contributed by atoms with Crippen molar-refractivity contribution in [1.29, 1.82) is 0 Å². The Labute approximate surface area is 88.3 Å². The maximum Gasteiger partial charge on any atom is 0.0439 e. The van der Waals surface area contributed by atoms with Crippen molar-refractivity contribution < 1.29 is 0 Å². The summed E-state index contributed by atoms with van der Waals surface area (Å²) in [4.78, 5) is 0. The van der Waals surface area contributed by atoms with Crippen molar-refractivity contribution >= 4 is 17.6 Å². The molecule has 0 aliphatic carbocycles. The Morgan fingerprint density at radius 2 is 1.62 bits per heavy atom. The van der Waals surface area contributed by atoms with Crippen LogP contribution in [0.4, 0.5) is 0 Å². The Morgan fingerprint density at radius 1 is 0.923 bits per heavy atom. The van der Waals surface area contributed by atoms with Gasteiger partial charge in [0, 0.05) is 17.6 Å². The van der Waals surface area contributed by atoms with Crippen LogP contribution in [0.15, 0.2) is 0 Å². The van der Waals surface area contributed by atoms with Crippen molar-refractivity contribution in [1.82, 2.24) is 0 Å². The lowest BCUT2D eigenvalue weighted by molar-refractivity contribution is 0.700. The van der Waals surface area contributed by atoms with Crippen LogP contribution in [0, 0.1) is 0 Å². The minimum Gasteiger partial charge on any atom is -0.0696 e. The maximum atomic E-state index is 2.48. The van der Waals surface area contributed by atoms with Crippen molar-refractivity contribution in [2.24, 2.45) is 0 Å². The molecule has 13 heavy (non-hydrogen) atoms. The predicted molar refractivity (Wildman–Crippen MR) is 67.7 cm³/mol. The summed E-state index contributed by atoms with van der Waals surface area (Å²) in [5.41, 5.74) is 0. The van der Waals surface area contributed by atoms with Crippen LogP contribution >= 0.6 is 0 Å². The van der Waals surface area contributed by atoms with Gasteiger partial charge in [0.05, 0.1) is 0 Å². The summed E-state index contributed by atoms with van der Waals surface area (Å²) in [6.45, 7) is 9.73. The number of hydrogen-bond donors (Lipinski definition) is 0. The molecule has 0 amide bonds. The Balaban J connectivity index is 3.00. The molecule has 78 valence electrons. The molecule has 0 aromatic heterocycles. The highest BCUT2D eigenvalue weighted by Gasteiger charge is 2.11. The molecule has 0 heterocycles. The van der Waals surface area contributed by atoms with E-state index in [9.17, 15) is 0 Å². The number of unbranched alkanes of at least 4 members (excludes halogenated alkanes) is 3. The SMILES string of the molecule is CCCCCC[Si]CC[Si](C)(C)C. The molecule has 0 aromatic rings. The molecule has 0 nitrogen and oxygen atoms in total. The van der Waals surface area contributed by atoms with Gasteiger partial charge in [-0.3, -0.25) is 0 Å². The zero-order valence-electron chi connectivity index (χ0n) is 9.95. The van der Waals surface area contributed by atoms with Gasteiger partial charge in [-0.25, -0.2) is 0 Å². The molecule has 0 aliphatic rings. The Bertz CT molecular complexity index is 105. The van der Waals surface area contributed by atoms with E-state index in [1.54, 1.807) is 6.04 Å². The van der Waals surface area contributed by atoms with Gasteiger partial charge in [-0.15, -0.1) is 0 Å². The molecule has 0 rings (SSSR count). The Kier molecular flexibility index (Phi) is 8.06. The van der Waals surface area contributed by atoms with Crippen LogP contribution in [0.3, 0.4) is 0 Å². The highest BCUT2D eigenvalue weighted by atomic mass is 28.3. The molecule has 0 saturated heterocycles. The van der Waals surface area contributed by atoms with Crippen LogP contribution in [-0.2, 0) is 0 Å². The topological polar surface area (TPSA) is 0 Å². The van der Waals surface area contributed by atoms with Crippen molar-refractivity contribution in [3.8, 4) is 0 Å². The fourth-order valence-electron chi connectivity index (χ4n) is 1.27. The lowest BCUT2D eigenvalue weighted by Gasteiger charge is -2.14. The van der Waals surface area contributed by atoms with E-state index in [1.807, 2.05) is 0 Å². The second-order valence-electron chi connectivity index (χ2n) is 5.12. The predicted octanol–water partition coefficient (Wildman–Crippen LogP) is 4.45. The fourth-order valence-corrected chi connectivity index (χ4v) is 5.72. The molecular formula is C11H26Si2. The van der Waals surface area contributed by atoms with Crippen molar-refractivity contribution in [3.05, 3.63) is 0 Å². The summed E-state index contributed by atoms with van der Waals surface area (Å²) in [7, 11) is 0.526. The lowest BCUT2D eigenvalue weighted by atomic mass is 10.2. The third-order valence-electron chi connectivity index (χ3n) is 2.26. The van der Waals surface area contributed by atoms with Gasteiger partial charge in [-0.05, 0) is 0 Å². The van der Waals surface area contributed by atoms with E-state index in [4.69, 9.17) is 0 Å². The summed E-state index contributed by atoms with van der Waals surface area (Å²) < 4.78 is 0. The lowest BCUT2D eigenvalue weighted by Crippen LogP contribution is -2.19. The first kappa shape index (κ1) is 13.4. The molecule has 0 fully saturated rings. The molecule has 0 aliphatic heterocycles. The standard InChI is InChI=1S/C11H26Si2/c1-5-6-7-8-9-12-10-11-13(2,3)4/h5-11H2,1-4H3. The van der Waals surface area contributed by atoms with Gasteiger partial charge >= 0.3 is 0 Å². The molecular weight excluding hydrogens is 188 g/mol. The van der Waals surface area contributed by atoms with Crippen LogP contribution in [0.5, 0.6) is 0 Å². The van der Waals surface area contributed by atoms with Gasteiger partial charge in [0.25, 0.3) is 0 Å². The summed E-state index contributed by atoms with van der Waals surface area (Å²) in [6, 6.07) is 4.56. The first-order valence-electron chi connectivity index (χ1n) is 5.77. The smallest absolute Gasteiger partial charge is 0.0439 e. The number of hydrogen-bond acceptors (Lipinski definition) is 0. The van der Waals surface area contributed by atoms with E-state index in [0.717, 1.165) is 0 Å². The largest absolute Gasteiger partial charge is 0.0696 e. The highest BCUT2D eigenvalue weighted by molar-refractivity contribution is 6.76. The molecule has 0 N–H and O–H groups in total. The van der Waals surface area contributed by atoms with E-state index >= 15 is 0 Å². The Morgan fingerprint density at radius 3 is 2.15 bits per heavy atom. The molecule has 0 atom stereocenters. The van der Waals surface area contributed by atoms with Crippen LogP contribution in [-0.4, -0.2) is 17.6 Å². The van der Waals surface area contributed by atoms with Gasteiger partial charge in [0.15, 0.2) is 0 Å². The van der Waals surface area contributed by atoms with E-state index in [-0.39, 0.29) is 0 Å². The summed E-state index contributed by atoms with van der Waals surface area (Å²) in [6.07, 6.45) is 5.77. The van der Waals surface area contributed by atoms with E-state index < -0.39 is 8.07 Å². The zero-order valence-corrected chi connectivity index (χ0v) is 11.9. The first-order chi connectivity index (χ1) is 6.06. The molecule has 0 spiro atoms. The highest BCUT2D eigenvalue weighted by Crippen LogP contribution is 2.12. The van der Waals surface area contributed by atoms with Crippen LogP contribution in [0.25, 0.3) is 0 Å². The molecule has 2 radical (unpaired) electrons. The zero-order chi connectivity index (χ0) is 10.2. The molecule has 2 heteroatoms. The Hall–Kier alpha value is 0.434. The minimum atomic E-state index is -0.726. The van der Waals surface area contributed by atoms with Gasteiger partial charge in [0.1, 0.15) is 0 Å². The van der Waals surface area contributed by atoms with Crippen molar-refractivity contribution in [2.45, 2.75) is 70.4 Å². The second kappa shape index (κ2) is 7.80. The first-order valence-corrected chi connectivity index (χ1v) is 10.9. The van der Waals surface area contributed by atoms with Crippen molar-refractivity contribution in [2.75, 3.05) is 0 Å². The second-order valence-corrected chi connectivity index (χ2v) is 12.2. The molecule has 0 bridgehead atoms. The fraction of sp³-hybridized carbons (Fsp3) is 1.00. The van der Waals surface area contributed by atoms with Crippen LogP contribution in [0.2, 0.25) is 37.8 Å². The normalized spacial score (nSPS) is 12.0. The average Bonchev–Trinajstić information content (AvgIpc) is 2.01.